The van der Waals surface area contributed by atoms with Gasteiger partial charge in [-0.3, -0.25) is 9.59 Å². The van der Waals surface area contributed by atoms with Crippen LogP contribution in [0.1, 0.15) is 30.0 Å². The zero-order valence-corrected chi connectivity index (χ0v) is 21.7. The number of anilines is 1. The average molecular weight is 559 g/mol. The number of amides is 2. The highest BCUT2D eigenvalue weighted by Crippen LogP contribution is 2.37. The normalized spacial score (nSPS) is 10.7. The third kappa shape index (κ3) is 7.83. The number of halogens is 2. The second kappa shape index (κ2) is 12.9. The van der Waals surface area contributed by atoms with E-state index in [0.29, 0.717) is 38.9 Å². The Balaban J connectivity index is 1.57. The topological polar surface area (TPSA) is 89.0 Å². The van der Waals surface area contributed by atoms with Crippen LogP contribution >= 0.6 is 27.5 Å². The highest BCUT2D eigenvalue weighted by atomic mass is 79.9. The second-order valence-corrected chi connectivity index (χ2v) is 8.77. The quantitative estimate of drug-likeness (QED) is 0.189. The summed E-state index contributed by atoms with van der Waals surface area (Å²) in [6, 6.07) is 18.4. The van der Waals surface area contributed by atoms with Crippen molar-refractivity contribution in [1.29, 1.82) is 0 Å². The van der Waals surface area contributed by atoms with E-state index >= 15 is 0 Å². The van der Waals surface area contributed by atoms with Gasteiger partial charge >= 0.3 is 0 Å². The molecule has 0 heterocycles. The first-order valence-corrected chi connectivity index (χ1v) is 12.0. The number of aryl methyl sites for hydroxylation is 1. The van der Waals surface area contributed by atoms with E-state index in [1.54, 1.807) is 30.3 Å². The molecule has 3 aromatic carbocycles. The number of ether oxygens (including phenoxy) is 2. The van der Waals surface area contributed by atoms with E-state index in [2.05, 4.69) is 31.8 Å². The van der Waals surface area contributed by atoms with Crippen LogP contribution in [0.3, 0.4) is 0 Å². The molecule has 0 atom stereocenters. The molecule has 0 fully saturated rings. The summed E-state index contributed by atoms with van der Waals surface area (Å²) in [5.74, 6) is 0.0923. The molecule has 0 unspecified atom stereocenters. The van der Waals surface area contributed by atoms with Crippen molar-refractivity contribution in [2.75, 3.05) is 12.4 Å². The lowest BCUT2D eigenvalue weighted by Gasteiger charge is -2.13. The van der Waals surface area contributed by atoms with Crippen molar-refractivity contribution in [3.8, 4) is 11.5 Å². The predicted octanol–water partition coefficient (Wildman–Crippen LogP) is 5.73. The second-order valence-electron chi connectivity index (χ2n) is 7.48. The molecule has 0 saturated carbocycles. The molecule has 2 N–H and O–H groups in total. The number of carbonyl (C=O) groups excluding carboxylic acids is 2. The predicted molar refractivity (Wildman–Crippen MR) is 141 cm³/mol. The van der Waals surface area contributed by atoms with Gasteiger partial charge in [0.15, 0.2) is 11.5 Å². The van der Waals surface area contributed by atoms with Crippen molar-refractivity contribution in [1.82, 2.24) is 5.43 Å². The van der Waals surface area contributed by atoms with Crippen LogP contribution in [0.2, 0.25) is 5.02 Å². The van der Waals surface area contributed by atoms with Gasteiger partial charge in [0.05, 0.1) is 17.8 Å². The summed E-state index contributed by atoms with van der Waals surface area (Å²) in [7, 11) is 1.54. The summed E-state index contributed by atoms with van der Waals surface area (Å²) in [6.07, 6.45) is 1.88. The number of nitrogens with one attached hydrogen (secondary N) is 2. The molecule has 0 aliphatic rings. The SMILES string of the molecule is CCc1ccccc1NC(=O)CC(=O)NN=Cc1cc(Br)c(OCc2ccc(Cl)cc2)c(OC)c1. The van der Waals surface area contributed by atoms with E-state index in [1.807, 2.05) is 37.3 Å². The molecular weight excluding hydrogens is 534 g/mol. The third-order valence-electron chi connectivity index (χ3n) is 4.94. The number of nitrogens with zero attached hydrogens (tertiary/aromatic N) is 1. The monoisotopic (exact) mass is 557 g/mol. The van der Waals surface area contributed by atoms with Crippen LogP contribution in [0, 0.1) is 0 Å². The molecule has 0 bridgehead atoms. The lowest BCUT2D eigenvalue weighted by molar-refractivity contribution is -0.126. The number of hydrogen-bond donors (Lipinski definition) is 2. The summed E-state index contributed by atoms with van der Waals surface area (Å²) >= 11 is 9.42. The standard InChI is InChI=1S/C26H25BrClN3O4/c1-3-19-6-4-5-7-22(19)30-24(32)14-25(33)31-29-15-18-12-21(27)26(23(13-18)34-2)35-16-17-8-10-20(28)11-9-17/h4-13,15H,3,14,16H2,1-2H3,(H,30,32)(H,31,33). The zero-order chi connectivity index (χ0) is 25.2. The molecule has 7 nitrogen and oxygen atoms in total. The van der Waals surface area contributed by atoms with Crippen molar-refractivity contribution in [2.45, 2.75) is 26.4 Å². The Bertz CT molecular complexity index is 1220. The highest BCUT2D eigenvalue weighted by Gasteiger charge is 2.13. The maximum absolute atomic E-state index is 12.2. The van der Waals surface area contributed by atoms with Crippen LogP contribution in [0.25, 0.3) is 0 Å². The Hall–Kier alpha value is -3.36. The minimum Gasteiger partial charge on any atom is -0.493 e. The van der Waals surface area contributed by atoms with Crippen LogP contribution in [-0.4, -0.2) is 25.1 Å². The minimum absolute atomic E-state index is 0.334. The van der Waals surface area contributed by atoms with Gasteiger partial charge in [-0.1, -0.05) is 48.9 Å². The van der Waals surface area contributed by atoms with Gasteiger partial charge in [0, 0.05) is 10.7 Å². The summed E-state index contributed by atoms with van der Waals surface area (Å²) in [6.45, 7) is 2.33. The largest absolute Gasteiger partial charge is 0.493 e. The van der Waals surface area contributed by atoms with Crippen molar-refractivity contribution >= 4 is 51.2 Å². The van der Waals surface area contributed by atoms with Crippen LogP contribution in [0.15, 0.2) is 70.2 Å². The maximum Gasteiger partial charge on any atom is 0.249 e. The van der Waals surface area contributed by atoms with Gasteiger partial charge in [-0.2, -0.15) is 5.10 Å². The van der Waals surface area contributed by atoms with Crippen molar-refractivity contribution in [3.05, 3.63) is 86.8 Å². The van der Waals surface area contributed by atoms with Crippen molar-refractivity contribution in [3.63, 3.8) is 0 Å². The fourth-order valence-electron chi connectivity index (χ4n) is 3.20. The first-order chi connectivity index (χ1) is 16.9. The molecule has 9 heteroatoms. The van der Waals surface area contributed by atoms with E-state index in [9.17, 15) is 9.59 Å². The summed E-state index contributed by atoms with van der Waals surface area (Å²) < 4.78 is 12.0. The molecule has 182 valence electrons. The van der Waals surface area contributed by atoms with Gasteiger partial charge < -0.3 is 14.8 Å². The van der Waals surface area contributed by atoms with Crippen molar-refractivity contribution in [2.24, 2.45) is 5.10 Å². The Kier molecular flexibility index (Phi) is 9.69. The first kappa shape index (κ1) is 26.2. The number of benzene rings is 3. The number of rotatable bonds is 10. The smallest absolute Gasteiger partial charge is 0.249 e. The van der Waals surface area contributed by atoms with E-state index in [1.165, 1.54) is 13.3 Å². The molecule has 3 aromatic rings. The fourth-order valence-corrected chi connectivity index (χ4v) is 3.90. The maximum atomic E-state index is 12.2. The Labute approximate surface area is 217 Å². The van der Waals surface area contributed by atoms with E-state index in [-0.39, 0.29) is 6.42 Å². The molecule has 2 amide bonds. The number of hydrogen-bond acceptors (Lipinski definition) is 5. The summed E-state index contributed by atoms with van der Waals surface area (Å²) in [5.41, 5.74) is 5.69. The van der Waals surface area contributed by atoms with Gasteiger partial charge in [0.2, 0.25) is 11.8 Å². The van der Waals surface area contributed by atoms with Gasteiger partial charge in [0.1, 0.15) is 13.0 Å². The average Bonchev–Trinajstić information content (AvgIpc) is 2.84. The molecule has 0 aliphatic heterocycles. The molecule has 0 spiro atoms. The number of carbonyl (C=O) groups is 2. The van der Waals surface area contributed by atoms with Gasteiger partial charge in [-0.05, 0) is 69.4 Å². The number of methoxy groups -OCH3 is 1. The molecule has 35 heavy (non-hydrogen) atoms. The van der Waals surface area contributed by atoms with Crippen LogP contribution in [0.5, 0.6) is 11.5 Å². The van der Waals surface area contributed by atoms with Crippen LogP contribution in [0.4, 0.5) is 5.69 Å². The van der Waals surface area contributed by atoms with Gasteiger partial charge in [-0.25, -0.2) is 5.43 Å². The van der Waals surface area contributed by atoms with Gasteiger partial charge in [-0.15, -0.1) is 0 Å². The zero-order valence-electron chi connectivity index (χ0n) is 19.3. The summed E-state index contributed by atoms with van der Waals surface area (Å²) in [4.78, 5) is 24.3. The Morgan fingerprint density at radius 1 is 1.09 bits per heavy atom. The first-order valence-electron chi connectivity index (χ1n) is 10.8. The Morgan fingerprint density at radius 3 is 2.54 bits per heavy atom. The molecular formula is C26H25BrClN3O4. The van der Waals surface area contributed by atoms with Crippen molar-refractivity contribution < 1.29 is 19.1 Å². The molecule has 0 aromatic heterocycles. The van der Waals surface area contributed by atoms with E-state index in [4.69, 9.17) is 21.1 Å². The lowest BCUT2D eigenvalue weighted by Crippen LogP contribution is -2.25. The molecule has 0 aliphatic carbocycles. The third-order valence-corrected chi connectivity index (χ3v) is 5.79. The number of para-hydroxylation sites is 1. The molecule has 3 rings (SSSR count). The highest BCUT2D eigenvalue weighted by molar-refractivity contribution is 9.10. The van der Waals surface area contributed by atoms with E-state index in [0.717, 1.165) is 17.5 Å². The molecule has 0 saturated heterocycles. The minimum atomic E-state index is -0.526. The number of hydrazone groups is 1. The fraction of sp³-hybridized carbons (Fsp3) is 0.192. The van der Waals surface area contributed by atoms with E-state index < -0.39 is 11.8 Å². The van der Waals surface area contributed by atoms with Gasteiger partial charge in [0.25, 0.3) is 0 Å². The van der Waals surface area contributed by atoms with Crippen LogP contribution in [-0.2, 0) is 22.6 Å². The lowest BCUT2D eigenvalue weighted by atomic mass is 10.1. The Morgan fingerprint density at radius 2 is 1.83 bits per heavy atom. The summed E-state index contributed by atoms with van der Waals surface area (Å²) in [5, 5.41) is 7.37. The molecule has 0 radical (unpaired) electrons. The van der Waals surface area contributed by atoms with Crippen LogP contribution < -0.4 is 20.2 Å².